The van der Waals surface area contributed by atoms with E-state index in [1.54, 1.807) is 0 Å². The summed E-state index contributed by atoms with van der Waals surface area (Å²) in [7, 11) is 0. The largest absolute Gasteiger partial charge is 0.309 e. The zero-order valence-electron chi connectivity index (χ0n) is 27.9. The first-order chi connectivity index (χ1) is 25.8. The summed E-state index contributed by atoms with van der Waals surface area (Å²) < 4.78 is 2.42. The molecule has 0 unspecified atom stereocenters. The molecule has 5 heteroatoms. The first-order valence-electron chi connectivity index (χ1n) is 17.4. The normalized spacial score (nSPS) is 12.2. The molecule has 242 valence electrons. The van der Waals surface area contributed by atoms with Gasteiger partial charge in [0.1, 0.15) is 0 Å². The van der Waals surface area contributed by atoms with E-state index < -0.39 is 0 Å². The van der Waals surface area contributed by atoms with Gasteiger partial charge in [-0.15, -0.1) is 0 Å². The average molecular weight is 681 g/mol. The predicted octanol–water partition coefficient (Wildman–Crippen LogP) is 12.4. The molecule has 1 aliphatic rings. The van der Waals surface area contributed by atoms with Crippen molar-refractivity contribution in [3.05, 3.63) is 170 Å². The number of rotatable bonds is 4. The van der Waals surface area contributed by atoms with Crippen molar-refractivity contribution >= 4 is 55.1 Å². The van der Waals surface area contributed by atoms with Gasteiger partial charge in [-0.1, -0.05) is 139 Å². The van der Waals surface area contributed by atoms with Crippen molar-refractivity contribution in [2.75, 3.05) is 0 Å². The summed E-state index contributed by atoms with van der Waals surface area (Å²) in [6.45, 7) is 0. The second kappa shape index (κ2) is 11.5. The topological polar surface area (TPSA) is 43.6 Å². The predicted molar refractivity (Wildman–Crippen MR) is 215 cm³/mol. The molecule has 0 radical (unpaired) electrons. The number of hydrogen-bond acceptors (Lipinski definition) is 4. The quantitative estimate of drug-likeness (QED) is 0.186. The lowest BCUT2D eigenvalue weighted by atomic mass is 9.94. The smallest absolute Gasteiger partial charge is 0.164 e. The van der Waals surface area contributed by atoms with Gasteiger partial charge in [0.2, 0.25) is 0 Å². The molecule has 1 aliphatic heterocycles. The van der Waals surface area contributed by atoms with Crippen LogP contribution in [-0.4, -0.2) is 19.5 Å². The summed E-state index contributed by atoms with van der Waals surface area (Å²) in [5.74, 6) is 1.99. The van der Waals surface area contributed by atoms with Gasteiger partial charge in [-0.2, -0.15) is 0 Å². The molecule has 0 amide bonds. The lowest BCUT2D eigenvalue weighted by molar-refractivity contribution is 1.08. The monoisotopic (exact) mass is 680 g/mol. The summed E-state index contributed by atoms with van der Waals surface area (Å²) in [6.07, 6.45) is 0. The Morgan fingerprint density at radius 1 is 0.385 bits per heavy atom. The maximum Gasteiger partial charge on any atom is 0.164 e. The Labute approximate surface area is 304 Å². The number of fused-ring (bicyclic) bond motifs is 6. The molecular weight excluding hydrogens is 653 g/mol. The van der Waals surface area contributed by atoms with Crippen LogP contribution in [0.2, 0.25) is 0 Å². The van der Waals surface area contributed by atoms with Crippen LogP contribution in [0.5, 0.6) is 0 Å². The zero-order valence-corrected chi connectivity index (χ0v) is 28.7. The lowest BCUT2D eigenvalue weighted by Gasteiger charge is -2.22. The molecule has 0 saturated carbocycles. The van der Waals surface area contributed by atoms with Crippen LogP contribution in [0.25, 0.3) is 94.3 Å². The van der Waals surface area contributed by atoms with Gasteiger partial charge < -0.3 is 4.57 Å². The van der Waals surface area contributed by atoms with Gasteiger partial charge in [0.25, 0.3) is 0 Å². The third kappa shape index (κ3) is 4.53. The minimum Gasteiger partial charge on any atom is -0.309 e. The van der Waals surface area contributed by atoms with Crippen molar-refractivity contribution in [2.45, 2.75) is 9.79 Å². The highest BCUT2D eigenvalue weighted by Crippen LogP contribution is 2.50. The van der Waals surface area contributed by atoms with E-state index in [1.165, 1.54) is 58.9 Å². The van der Waals surface area contributed by atoms with Crippen LogP contribution < -0.4 is 0 Å². The fourth-order valence-electron chi connectivity index (χ4n) is 7.82. The molecule has 0 aliphatic carbocycles. The molecule has 0 saturated heterocycles. The second-order valence-electron chi connectivity index (χ2n) is 13.2. The highest BCUT2D eigenvalue weighted by atomic mass is 32.2. The van der Waals surface area contributed by atoms with Gasteiger partial charge in [0.05, 0.1) is 11.0 Å². The maximum atomic E-state index is 5.07. The Morgan fingerprint density at radius 3 is 1.79 bits per heavy atom. The number of nitrogens with zero attached hydrogens (tertiary/aromatic N) is 4. The number of hydrogen-bond donors (Lipinski definition) is 0. The molecule has 2 aromatic heterocycles. The van der Waals surface area contributed by atoms with Crippen LogP contribution in [0.4, 0.5) is 0 Å². The number of aromatic nitrogens is 4. The van der Waals surface area contributed by atoms with Crippen LogP contribution in [0.3, 0.4) is 0 Å². The van der Waals surface area contributed by atoms with E-state index in [-0.39, 0.29) is 0 Å². The summed E-state index contributed by atoms with van der Waals surface area (Å²) in [5.41, 5.74) is 8.97. The third-order valence-electron chi connectivity index (χ3n) is 10.2. The van der Waals surface area contributed by atoms with Gasteiger partial charge in [0, 0.05) is 48.3 Å². The Balaban J connectivity index is 1.08. The molecule has 10 aromatic rings. The van der Waals surface area contributed by atoms with Gasteiger partial charge >= 0.3 is 0 Å². The van der Waals surface area contributed by atoms with Crippen molar-refractivity contribution in [1.29, 1.82) is 0 Å². The van der Waals surface area contributed by atoms with Gasteiger partial charge in [-0.05, 0) is 69.8 Å². The molecular formula is C47H28N4S. The minimum atomic E-state index is 0.662. The van der Waals surface area contributed by atoms with Crippen LogP contribution >= 0.6 is 11.8 Å². The van der Waals surface area contributed by atoms with E-state index in [1.807, 2.05) is 48.2 Å². The van der Waals surface area contributed by atoms with Gasteiger partial charge in [-0.3, -0.25) is 0 Å². The van der Waals surface area contributed by atoms with Crippen LogP contribution in [0.15, 0.2) is 180 Å². The van der Waals surface area contributed by atoms with Crippen LogP contribution in [-0.2, 0) is 0 Å². The highest BCUT2D eigenvalue weighted by molar-refractivity contribution is 7.99. The first-order valence-corrected chi connectivity index (χ1v) is 18.3. The van der Waals surface area contributed by atoms with E-state index in [2.05, 4.69) is 138 Å². The number of benzene rings is 8. The van der Waals surface area contributed by atoms with E-state index >= 15 is 0 Å². The summed E-state index contributed by atoms with van der Waals surface area (Å²) in [5, 5.41) is 7.40. The summed E-state index contributed by atoms with van der Waals surface area (Å²) >= 11 is 1.84. The third-order valence-corrected chi connectivity index (χ3v) is 11.3. The molecule has 4 nitrogen and oxygen atoms in total. The van der Waals surface area contributed by atoms with Crippen LogP contribution in [0.1, 0.15) is 0 Å². The van der Waals surface area contributed by atoms with Crippen molar-refractivity contribution in [3.8, 4) is 51.0 Å². The Bertz CT molecular complexity index is 2980. The Hall–Kier alpha value is -6.56. The average Bonchev–Trinajstić information content (AvgIpc) is 3.53. The van der Waals surface area contributed by atoms with Crippen LogP contribution in [0, 0.1) is 0 Å². The standard InChI is InChI=1S/C47H28N4S/c1-3-12-29(13-4-1)45-48-46(30-14-5-2-6-15-30)50-47(49-45)38-24-25-42-44-36(19-11-20-37(38)44)35-23-22-33(28-43(35)52-42)51-40-21-10-9-18-34(40)39-26-31-16-7-8-17-32(31)27-41(39)51/h1-28H. The molecule has 0 fully saturated rings. The van der Waals surface area contributed by atoms with E-state index in [4.69, 9.17) is 15.0 Å². The van der Waals surface area contributed by atoms with Gasteiger partial charge in [-0.25, -0.2) is 15.0 Å². The summed E-state index contributed by atoms with van der Waals surface area (Å²) in [6, 6.07) is 60.3. The van der Waals surface area contributed by atoms with E-state index in [0.29, 0.717) is 17.5 Å². The summed E-state index contributed by atoms with van der Waals surface area (Å²) in [4.78, 5) is 17.5. The zero-order chi connectivity index (χ0) is 34.2. The van der Waals surface area contributed by atoms with Crippen molar-refractivity contribution < 1.29 is 0 Å². The molecule has 11 rings (SSSR count). The second-order valence-corrected chi connectivity index (χ2v) is 14.3. The van der Waals surface area contributed by atoms with Crippen molar-refractivity contribution in [1.82, 2.24) is 19.5 Å². The Morgan fingerprint density at radius 2 is 1.02 bits per heavy atom. The minimum absolute atomic E-state index is 0.662. The van der Waals surface area contributed by atoms with Gasteiger partial charge in [0.15, 0.2) is 17.5 Å². The molecule has 0 bridgehead atoms. The molecule has 0 N–H and O–H groups in total. The first kappa shape index (κ1) is 29.2. The lowest BCUT2D eigenvalue weighted by Crippen LogP contribution is -2.01. The van der Waals surface area contributed by atoms with E-state index in [9.17, 15) is 0 Å². The maximum absolute atomic E-state index is 5.07. The highest BCUT2D eigenvalue weighted by Gasteiger charge is 2.24. The molecule has 8 aromatic carbocycles. The molecule has 52 heavy (non-hydrogen) atoms. The SMILES string of the molecule is c1ccc(-c2nc(-c3ccccc3)nc(-c3ccc4c5c(cccc35)-c3ccc(-n5c6ccccc6c6cc7ccccc7cc65)cc3S4)n2)cc1. The van der Waals surface area contributed by atoms with Crippen molar-refractivity contribution in [3.63, 3.8) is 0 Å². The number of para-hydroxylation sites is 1. The van der Waals surface area contributed by atoms with Crippen molar-refractivity contribution in [2.24, 2.45) is 0 Å². The molecule has 0 atom stereocenters. The molecule has 0 spiro atoms. The fraction of sp³-hybridized carbons (Fsp3) is 0. The molecule has 3 heterocycles. The fourth-order valence-corrected chi connectivity index (χ4v) is 8.98. The van der Waals surface area contributed by atoms with E-state index in [0.717, 1.165) is 27.8 Å². The Kier molecular flexibility index (Phi) is 6.45.